The lowest BCUT2D eigenvalue weighted by Gasteiger charge is -2.28. The van der Waals surface area contributed by atoms with Gasteiger partial charge in [-0.2, -0.15) is 0 Å². The lowest BCUT2D eigenvalue weighted by Crippen LogP contribution is -2.47. The molecule has 0 fully saturated rings. The van der Waals surface area contributed by atoms with Gasteiger partial charge in [0.05, 0.1) is 17.9 Å². The highest BCUT2D eigenvalue weighted by atomic mass is 16.2. The van der Waals surface area contributed by atoms with Crippen molar-refractivity contribution in [2.45, 2.75) is 43.7 Å². The lowest BCUT2D eigenvalue weighted by molar-refractivity contribution is -0.122. The van der Waals surface area contributed by atoms with Crippen molar-refractivity contribution in [3.05, 3.63) is 83.7 Å². The Bertz CT molecular complexity index is 931. The number of hydrogen-bond acceptors (Lipinski definition) is 5. The smallest absolute Gasteiger partial charge is 0.267 e. The molecule has 157 valence electrons. The van der Waals surface area contributed by atoms with Gasteiger partial charge in [0.15, 0.2) is 0 Å². The molecule has 2 aliphatic rings. The second-order valence-corrected chi connectivity index (χ2v) is 7.51. The fourth-order valence-electron chi connectivity index (χ4n) is 3.57. The van der Waals surface area contributed by atoms with Gasteiger partial charge < -0.3 is 20.7 Å². The molecule has 1 aliphatic carbocycles. The van der Waals surface area contributed by atoms with Gasteiger partial charge in [0.1, 0.15) is 6.29 Å². The molecule has 3 atom stereocenters. The van der Waals surface area contributed by atoms with Crippen molar-refractivity contribution in [3.63, 3.8) is 0 Å². The van der Waals surface area contributed by atoms with E-state index in [1.807, 2.05) is 42.5 Å². The van der Waals surface area contributed by atoms with Crippen molar-refractivity contribution in [3.8, 4) is 5.97 Å². The maximum absolute atomic E-state index is 12.8. The van der Waals surface area contributed by atoms with Crippen LogP contribution >= 0.6 is 0 Å². The van der Waals surface area contributed by atoms with Crippen LogP contribution in [0.5, 0.6) is 0 Å². The number of rotatable bonds is 11. The molecule has 0 saturated heterocycles. The standard InChI is InChI=1S/C24H26BN4O2/c26-17-25-21(10-6-14-30)24(31)29-23(13-12-18-7-2-1-3-8-18)28-20-15-19-9-4-5-11-22(19)27-16-20/h1-5,7-9,11,14-16,21-23,27-28H,6,10,12-13H2,(H,29,31). The van der Waals surface area contributed by atoms with Crippen molar-refractivity contribution >= 4 is 19.5 Å². The molecular weight excluding hydrogens is 387 g/mol. The van der Waals surface area contributed by atoms with E-state index in [4.69, 9.17) is 5.26 Å². The molecule has 6 nitrogen and oxygen atoms in total. The molecule has 0 bridgehead atoms. The number of fused-ring (bicyclic) bond motifs is 1. The van der Waals surface area contributed by atoms with Crippen molar-refractivity contribution in [2.75, 3.05) is 0 Å². The molecule has 0 spiro atoms. The van der Waals surface area contributed by atoms with Crippen LogP contribution in [0.3, 0.4) is 0 Å². The predicted molar refractivity (Wildman–Crippen MR) is 122 cm³/mol. The zero-order valence-electron chi connectivity index (χ0n) is 17.3. The molecular formula is C24H26BN4O2. The number of hydrogen-bond donors (Lipinski definition) is 3. The Hall–Kier alpha value is -3.53. The maximum atomic E-state index is 12.8. The number of aldehydes is 1. The molecule has 1 radical (unpaired) electrons. The number of nitrogens with zero attached hydrogens (tertiary/aromatic N) is 1. The summed E-state index contributed by atoms with van der Waals surface area (Å²) in [6, 6.07) is 10.2. The molecule has 1 aromatic carbocycles. The minimum Gasteiger partial charge on any atom is -0.379 e. The van der Waals surface area contributed by atoms with E-state index in [1.165, 1.54) is 12.8 Å². The lowest BCUT2D eigenvalue weighted by atomic mass is 9.64. The number of carbonyl (C=O) groups is 2. The summed E-state index contributed by atoms with van der Waals surface area (Å²) in [6.07, 6.45) is 14.6. The van der Waals surface area contributed by atoms with E-state index >= 15 is 0 Å². The molecule has 1 amide bonds. The number of dihydropyridines is 1. The Labute approximate surface area is 184 Å². The number of allylic oxidation sites excluding steroid dienone is 3. The largest absolute Gasteiger partial charge is 0.379 e. The number of amides is 1. The van der Waals surface area contributed by atoms with Crippen molar-refractivity contribution in [1.82, 2.24) is 16.0 Å². The fraction of sp³-hybridized carbons (Fsp3) is 0.292. The zero-order chi connectivity index (χ0) is 21.9. The van der Waals surface area contributed by atoms with Crippen LogP contribution in [0, 0.1) is 11.2 Å². The first kappa shape index (κ1) is 22.2. The monoisotopic (exact) mass is 413 g/mol. The van der Waals surface area contributed by atoms with E-state index in [0.29, 0.717) is 12.8 Å². The molecule has 3 N–H and O–H groups in total. The molecule has 0 saturated carbocycles. The number of nitrogens with one attached hydrogen (secondary N) is 3. The molecule has 3 rings (SSSR count). The van der Waals surface area contributed by atoms with Crippen LogP contribution < -0.4 is 16.0 Å². The Kier molecular flexibility index (Phi) is 8.30. The van der Waals surface area contributed by atoms with E-state index in [0.717, 1.165) is 24.0 Å². The summed E-state index contributed by atoms with van der Waals surface area (Å²) in [4.78, 5) is 23.5. The summed E-state index contributed by atoms with van der Waals surface area (Å²) in [5.74, 6) is 1.05. The third kappa shape index (κ3) is 6.75. The Balaban J connectivity index is 1.69. The van der Waals surface area contributed by atoms with E-state index in [2.05, 4.69) is 46.3 Å². The van der Waals surface area contributed by atoms with Crippen molar-refractivity contribution in [2.24, 2.45) is 0 Å². The second-order valence-electron chi connectivity index (χ2n) is 7.51. The highest BCUT2D eigenvalue weighted by Crippen LogP contribution is 2.18. The van der Waals surface area contributed by atoms with Gasteiger partial charge in [-0.05, 0) is 42.4 Å². The molecule has 7 heteroatoms. The van der Waals surface area contributed by atoms with Gasteiger partial charge in [0, 0.05) is 18.4 Å². The number of carbonyl (C=O) groups excluding carboxylic acids is 2. The molecule has 0 aromatic heterocycles. The van der Waals surface area contributed by atoms with Gasteiger partial charge in [-0.1, -0.05) is 54.6 Å². The normalized spacial score (nSPS) is 18.2. The van der Waals surface area contributed by atoms with Gasteiger partial charge in [0.25, 0.3) is 7.28 Å². The second kappa shape index (κ2) is 11.6. The third-order valence-corrected chi connectivity index (χ3v) is 5.23. The van der Waals surface area contributed by atoms with Crippen LogP contribution in [0.1, 0.15) is 24.8 Å². The molecule has 1 heterocycles. The SMILES string of the molecule is N#C[B]C(CCC=O)C(=O)NC(CCc1ccccc1)NC1=CNC2C=CC=CC2=C1. The molecule has 1 aromatic rings. The Morgan fingerprint density at radius 1 is 1.26 bits per heavy atom. The summed E-state index contributed by atoms with van der Waals surface area (Å²) in [7, 11) is 1.29. The van der Waals surface area contributed by atoms with Gasteiger partial charge >= 0.3 is 0 Å². The highest BCUT2D eigenvalue weighted by Gasteiger charge is 2.23. The summed E-state index contributed by atoms with van der Waals surface area (Å²) < 4.78 is 0. The molecule has 1 aliphatic heterocycles. The molecule has 31 heavy (non-hydrogen) atoms. The number of aryl methyl sites for hydroxylation is 1. The quantitative estimate of drug-likeness (QED) is 0.294. The van der Waals surface area contributed by atoms with E-state index in [9.17, 15) is 9.59 Å². The zero-order valence-corrected chi connectivity index (χ0v) is 17.3. The summed E-state index contributed by atoms with van der Waals surface area (Å²) >= 11 is 0. The predicted octanol–water partition coefficient (Wildman–Crippen LogP) is 2.47. The van der Waals surface area contributed by atoms with Crippen LogP contribution in [0.25, 0.3) is 0 Å². The summed E-state index contributed by atoms with van der Waals surface area (Å²) in [5.41, 5.74) is 3.19. The first-order valence-corrected chi connectivity index (χ1v) is 10.5. The van der Waals surface area contributed by atoms with Crippen LogP contribution in [0.2, 0.25) is 5.82 Å². The number of nitriles is 1. The summed E-state index contributed by atoms with van der Waals surface area (Å²) in [5, 5.41) is 18.8. The fourth-order valence-corrected chi connectivity index (χ4v) is 3.57. The highest BCUT2D eigenvalue weighted by molar-refractivity contribution is 6.52. The van der Waals surface area contributed by atoms with Gasteiger partial charge in [0.2, 0.25) is 5.91 Å². The number of benzene rings is 1. The van der Waals surface area contributed by atoms with Crippen LogP contribution in [0.4, 0.5) is 0 Å². The van der Waals surface area contributed by atoms with Gasteiger partial charge in [-0.15, -0.1) is 0 Å². The van der Waals surface area contributed by atoms with Crippen LogP contribution in [-0.4, -0.2) is 31.7 Å². The van der Waals surface area contributed by atoms with Gasteiger partial charge in [-0.3, -0.25) is 4.79 Å². The van der Waals surface area contributed by atoms with Crippen molar-refractivity contribution < 1.29 is 9.59 Å². The minimum absolute atomic E-state index is 0.158. The Morgan fingerprint density at radius 2 is 2.10 bits per heavy atom. The topological polar surface area (TPSA) is 94.0 Å². The first-order valence-electron chi connectivity index (χ1n) is 10.5. The van der Waals surface area contributed by atoms with E-state index < -0.39 is 5.82 Å². The maximum Gasteiger partial charge on any atom is 0.267 e. The van der Waals surface area contributed by atoms with Crippen molar-refractivity contribution in [1.29, 1.82) is 5.26 Å². The Morgan fingerprint density at radius 3 is 2.87 bits per heavy atom. The van der Waals surface area contributed by atoms with E-state index in [-0.39, 0.29) is 24.5 Å². The van der Waals surface area contributed by atoms with Crippen LogP contribution in [0.15, 0.2) is 78.2 Å². The van der Waals surface area contributed by atoms with E-state index in [1.54, 1.807) is 0 Å². The average Bonchev–Trinajstić information content (AvgIpc) is 2.80. The third-order valence-electron chi connectivity index (χ3n) is 5.23. The first-order chi connectivity index (χ1) is 15.2. The van der Waals surface area contributed by atoms with Crippen LogP contribution in [-0.2, 0) is 16.0 Å². The van der Waals surface area contributed by atoms with Gasteiger partial charge in [-0.25, -0.2) is 5.26 Å². The molecule has 3 unspecified atom stereocenters. The summed E-state index contributed by atoms with van der Waals surface area (Å²) in [6.45, 7) is 0. The average molecular weight is 413 g/mol. The minimum atomic E-state index is -0.621.